The Morgan fingerprint density at radius 1 is 1.29 bits per heavy atom. The Bertz CT molecular complexity index is 969. The minimum atomic E-state index is -0.947. The molecule has 0 bridgehead atoms. The van der Waals surface area contributed by atoms with Crippen LogP contribution in [0.5, 0.6) is 0 Å². The number of fused-ring (bicyclic) bond motifs is 3. The number of aliphatic hydroxyl groups is 1. The Kier molecular flexibility index (Phi) is 3.45. The molecule has 0 radical (unpaired) electrons. The molecule has 1 aromatic heterocycles. The molecule has 28 heavy (non-hydrogen) atoms. The molecule has 2 heterocycles. The number of rotatable bonds is 2. The van der Waals surface area contributed by atoms with Crippen molar-refractivity contribution in [3.05, 3.63) is 34.3 Å². The number of carbonyl (C=O) groups is 3. The normalized spacial score (nSPS) is 38.9. The van der Waals surface area contributed by atoms with Crippen LogP contribution >= 0.6 is 0 Å². The van der Waals surface area contributed by atoms with Gasteiger partial charge in [0.2, 0.25) is 5.78 Å². The van der Waals surface area contributed by atoms with Crippen LogP contribution in [0.3, 0.4) is 0 Å². The smallest absolute Gasteiger partial charge is 0.342 e. The number of hydrogen-bond acceptors (Lipinski definition) is 7. The maximum Gasteiger partial charge on any atom is 0.342 e. The van der Waals surface area contributed by atoms with E-state index in [1.54, 1.807) is 7.11 Å². The fourth-order valence-electron chi connectivity index (χ4n) is 6.05. The molecule has 1 aromatic rings. The van der Waals surface area contributed by atoms with E-state index in [0.717, 1.165) is 5.57 Å². The second-order valence-electron chi connectivity index (χ2n) is 8.65. The summed E-state index contributed by atoms with van der Waals surface area (Å²) in [5.74, 6) is -0.866. The highest BCUT2D eigenvalue weighted by Gasteiger charge is 2.63. The van der Waals surface area contributed by atoms with Gasteiger partial charge in [-0.25, -0.2) is 4.79 Å². The van der Waals surface area contributed by atoms with Crippen molar-refractivity contribution in [2.24, 2.45) is 11.3 Å². The summed E-state index contributed by atoms with van der Waals surface area (Å²) in [6.45, 7) is 3.38. The van der Waals surface area contributed by atoms with Crippen LogP contribution in [0.1, 0.15) is 59.6 Å². The molecular formula is C21H22O7. The number of allylic oxidation sites excluding steroid dienone is 1. The third-order valence-corrected chi connectivity index (χ3v) is 7.52. The van der Waals surface area contributed by atoms with Gasteiger partial charge in [0, 0.05) is 36.0 Å². The standard InChI is InChI=1S/C21H22O7/c1-20-6-11(26-3)16-14(10(20)4-5-12(20)23)17(24)18-15-9(8-27-18)19(25)28-13(7-22)21(15,16)2/h8,10-11,13,22H,4-7H2,1-3H3/t10-,11+,13+,20-,21-/m1/s1. The van der Waals surface area contributed by atoms with Crippen LogP contribution in [-0.4, -0.2) is 48.6 Å². The van der Waals surface area contributed by atoms with Gasteiger partial charge in [0.15, 0.2) is 5.76 Å². The third-order valence-electron chi connectivity index (χ3n) is 7.52. The number of ether oxygens (including phenoxy) is 2. The molecule has 1 fully saturated rings. The predicted octanol–water partition coefficient (Wildman–Crippen LogP) is 1.97. The molecule has 1 saturated carbocycles. The predicted molar refractivity (Wildman–Crippen MR) is 95.0 cm³/mol. The quantitative estimate of drug-likeness (QED) is 0.775. The van der Waals surface area contributed by atoms with E-state index in [0.29, 0.717) is 30.4 Å². The van der Waals surface area contributed by atoms with Crippen molar-refractivity contribution in [1.82, 2.24) is 0 Å². The molecule has 0 saturated heterocycles. The number of aliphatic hydroxyl groups excluding tert-OH is 1. The maximum absolute atomic E-state index is 13.5. The molecule has 1 N–H and O–H groups in total. The van der Waals surface area contributed by atoms with E-state index in [1.807, 2.05) is 13.8 Å². The summed E-state index contributed by atoms with van der Waals surface area (Å²) in [4.78, 5) is 38.6. The Balaban J connectivity index is 1.84. The lowest BCUT2D eigenvalue weighted by atomic mass is 9.54. The van der Waals surface area contributed by atoms with Crippen molar-refractivity contribution in [3.63, 3.8) is 0 Å². The van der Waals surface area contributed by atoms with Crippen LogP contribution in [0.25, 0.3) is 0 Å². The second-order valence-corrected chi connectivity index (χ2v) is 8.65. The molecule has 5 atom stereocenters. The molecule has 5 rings (SSSR count). The maximum atomic E-state index is 13.5. The van der Waals surface area contributed by atoms with Crippen molar-refractivity contribution < 1.29 is 33.4 Å². The van der Waals surface area contributed by atoms with Crippen LogP contribution in [0.15, 0.2) is 21.8 Å². The van der Waals surface area contributed by atoms with Gasteiger partial charge in [-0.2, -0.15) is 0 Å². The summed E-state index contributed by atoms with van der Waals surface area (Å²) >= 11 is 0. The van der Waals surface area contributed by atoms with Crippen molar-refractivity contribution in [2.45, 2.75) is 50.7 Å². The lowest BCUT2D eigenvalue weighted by Crippen LogP contribution is -2.57. The first-order chi connectivity index (χ1) is 13.3. The summed E-state index contributed by atoms with van der Waals surface area (Å²) in [7, 11) is 1.56. The number of methoxy groups -OCH3 is 1. The molecule has 7 nitrogen and oxygen atoms in total. The van der Waals surface area contributed by atoms with Crippen LogP contribution in [0.2, 0.25) is 0 Å². The average Bonchev–Trinajstić information content (AvgIpc) is 3.25. The summed E-state index contributed by atoms with van der Waals surface area (Å²) in [6.07, 6.45) is 1.39. The van der Waals surface area contributed by atoms with E-state index in [4.69, 9.17) is 13.9 Å². The molecule has 148 valence electrons. The van der Waals surface area contributed by atoms with Crippen molar-refractivity contribution in [3.8, 4) is 0 Å². The second kappa shape index (κ2) is 5.42. The van der Waals surface area contributed by atoms with E-state index in [2.05, 4.69) is 0 Å². The Hall–Kier alpha value is -2.25. The summed E-state index contributed by atoms with van der Waals surface area (Å²) in [6, 6.07) is 0. The molecule has 7 heteroatoms. The first kappa shape index (κ1) is 17.8. The molecule has 4 aliphatic rings. The topological polar surface area (TPSA) is 103 Å². The largest absolute Gasteiger partial charge is 0.460 e. The average molecular weight is 386 g/mol. The van der Waals surface area contributed by atoms with Gasteiger partial charge in [0.1, 0.15) is 23.7 Å². The van der Waals surface area contributed by atoms with Gasteiger partial charge < -0.3 is 19.0 Å². The van der Waals surface area contributed by atoms with Gasteiger partial charge in [-0.05, 0) is 25.3 Å². The Morgan fingerprint density at radius 3 is 2.71 bits per heavy atom. The van der Waals surface area contributed by atoms with Gasteiger partial charge in [0.05, 0.1) is 18.1 Å². The summed E-state index contributed by atoms with van der Waals surface area (Å²) in [5, 5.41) is 10.0. The molecule has 0 unspecified atom stereocenters. The number of ketones is 2. The zero-order chi connectivity index (χ0) is 20.0. The molecule has 3 aliphatic carbocycles. The van der Waals surface area contributed by atoms with E-state index in [9.17, 15) is 19.5 Å². The number of furan rings is 1. The minimum absolute atomic E-state index is 0.116. The molecule has 1 aliphatic heterocycles. The van der Waals surface area contributed by atoms with Crippen molar-refractivity contribution in [1.29, 1.82) is 0 Å². The minimum Gasteiger partial charge on any atom is -0.460 e. The highest BCUT2D eigenvalue weighted by molar-refractivity contribution is 6.14. The van der Waals surface area contributed by atoms with Crippen molar-refractivity contribution >= 4 is 17.5 Å². The summed E-state index contributed by atoms with van der Waals surface area (Å²) in [5.41, 5.74) is 0.336. The van der Waals surface area contributed by atoms with Gasteiger partial charge >= 0.3 is 5.97 Å². The highest BCUT2D eigenvalue weighted by Crippen LogP contribution is 2.60. The number of carbonyl (C=O) groups excluding carboxylic acids is 3. The Morgan fingerprint density at radius 2 is 2.04 bits per heavy atom. The first-order valence-corrected chi connectivity index (χ1v) is 9.58. The van der Waals surface area contributed by atoms with Crippen molar-refractivity contribution in [2.75, 3.05) is 13.7 Å². The third kappa shape index (κ3) is 1.80. The number of cyclic esters (lactones) is 1. The fraction of sp³-hybridized carbons (Fsp3) is 0.571. The van der Waals surface area contributed by atoms with Gasteiger partial charge in [-0.1, -0.05) is 6.92 Å². The van der Waals surface area contributed by atoms with E-state index >= 15 is 0 Å². The van der Waals surface area contributed by atoms with Gasteiger partial charge in [-0.15, -0.1) is 0 Å². The number of Topliss-reactive ketones (excluding diaryl/α,β-unsaturated/α-hetero) is 2. The molecule has 0 aromatic carbocycles. The number of esters is 1. The van der Waals surface area contributed by atoms with Crippen LogP contribution in [-0.2, 0) is 19.7 Å². The van der Waals surface area contributed by atoms with Crippen LogP contribution in [0.4, 0.5) is 0 Å². The molecule has 0 spiro atoms. The SMILES string of the molecule is CO[C@H]1C[C@@]2(C)C(=O)CC[C@@H]2C2=C1[C@@]1(C)c3c(coc3C2=O)C(=O)O[C@H]1CO. The lowest BCUT2D eigenvalue weighted by Gasteiger charge is -2.51. The summed E-state index contributed by atoms with van der Waals surface area (Å²) < 4.78 is 16.9. The van der Waals surface area contributed by atoms with Gasteiger partial charge in [0.25, 0.3) is 0 Å². The number of hydrogen-bond donors (Lipinski definition) is 1. The fourth-order valence-corrected chi connectivity index (χ4v) is 6.05. The lowest BCUT2D eigenvalue weighted by molar-refractivity contribution is -0.128. The van der Waals surface area contributed by atoms with E-state index in [1.165, 1.54) is 6.26 Å². The van der Waals surface area contributed by atoms with Crippen LogP contribution < -0.4 is 0 Å². The highest BCUT2D eigenvalue weighted by atomic mass is 16.6. The molecule has 0 amide bonds. The Labute approximate surface area is 161 Å². The van der Waals surface area contributed by atoms with E-state index < -0.39 is 35.6 Å². The zero-order valence-corrected chi connectivity index (χ0v) is 16.0. The molecular weight excluding hydrogens is 364 g/mol. The van der Waals surface area contributed by atoms with Crippen LogP contribution in [0, 0.1) is 11.3 Å². The van der Waals surface area contributed by atoms with Gasteiger partial charge in [-0.3, -0.25) is 9.59 Å². The zero-order valence-electron chi connectivity index (χ0n) is 16.0. The first-order valence-electron chi connectivity index (χ1n) is 9.58. The van der Waals surface area contributed by atoms with E-state index in [-0.39, 0.29) is 28.8 Å². The monoisotopic (exact) mass is 386 g/mol.